The SMILES string of the molecule is CC(C)(C)OC(=O)[C@@H]1C[C@@H]1N. The molecule has 1 rings (SSSR count). The molecular formula is C8H15NO2. The van der Waals surface area contributed by atoms with Gasteiger partial charge in [0.15, 0.2) is 0 Å². The molecule has 0 bridgehead atoms. The Kier molecular flexibility index (Phi) is 1.92. The van der Waals surface area contributed by atoms with Gasteiger partial charge in [-0.2, -0.15) is 0 Å². The van der Waals surface area contributed by atoms with E-state index in [0.717, 1.165) is 6.42 Å². The highest BCUT2D eigenvalue weighted by Gasteiger charge is 2.42. The zero-order valence-corrected chi connectivity index (χ0v) is 7.26. The Balaban J connectivity index is 2.33. The molecule has 3 heteroatoms. The van der Waals surface area contributed by atoms with E-state index in [1.165, 1.54) is 0 Å². The average molecular weight is 157 g/mol. The van der Waals surface area contributed by atoms with E-state index in [0.29, 0.717) is 0 Å². The molecule has 0 aromatic heterocycles. The third-order valence-electron chi connectivity index (χ3n) is 1.55. The molecular weight excluding hydrogens is 142 g/mol. The normalized spacial score (nSPS) is 29.8. The number of ether oxygens (including phenoxy) is 1. The zero-order chi connectivity index (χ0) is 8.65. The Hall–Kier alpha value is -0.570. The van der Waals surface area contributed by atoms with Crippen molar-refractivity contribution in [1.82, 2.24) is 0 Å². The molecule has 0 aliphatic heterocycles. The maximum atomic E-state index is 11.1. The lowest BCUT2D eigenvalue weighted by Crippen LogP contribution is -2.26. The van der Waals surface area contributed by atoms with Gasteiger partial charge < -0.3 is 10.5 Å². The largest absolute Gasteiger partial charge is 0.460 e. The van der Waals surface area contributed by atoms with Crippen LogP contribution < -0.4 is 5.73 Å². The lowest BCUT2D eigenvalue weighted by atomic mass is 10.2. The average Bonchev–Trinajstić information content (AvgIpc) is 2.41. The first-order valence-electron chi connectivity index (χ1n) is 3.88. The first kappa shape index (κ1) is 8.53. The lowest BCUT2D eigenvalue weighted by Gasteiger charge is -2.19. The number of hydrogen-bond acceptors (Lipinski definition) is 3. The standard InChI is InChI=1S/C8H15NO2/c1-8(2,3)11-7(10)5-4-6(5)9/h5-6H,4,9H2,1-3H3/t5-,6+/m1/s1. The van der Waals surface area contributed by atoms with Crippen LogP contribution in [-0.2, 0) is 9.53 Å². The Labute approximate surface area is 66.9 Å². The summed E-state index contributed by atoms with van der Waals surface area (Å²) in [5, 5.41) is 0. The van der Waals surface area contributed by atoms with E-state index in [1.807, 2.05) is 20.8 Å². The third kappa shape index (κ3) is 2.50. The molecule has 1 aliphatic carbocycles. The van der Waals surface area contributed by atoms with Crippen LogP contribution in [0, 0.1) is 5.92 Å². The minimum absolute atomic E-state index is 0.0331. The molecule has 0 aromatic rings. The van der Waals surface area contributed by atoms with Gasteiger partial charge in [-0.3, -0.25) is 4.79 Å². The van der Waals surface area contributed by atoms with Crippen molar-refractivity contribution in [3.63, 3.8) is 0 Å². The topological polar surface area (TPSA) is 52.3 Å². The first-order valence-corrected chi connectivity index (χ1v) is 3.88. The van der Waals surface area contributed by atoms with Crippen molar-refractivity contribution in [3.8, 4) is 0 Å². The van der Waals surface area contributed by atoms with Crippen molar-refractivity contribution < 1.29 is 9.53 Å². The van der Waals surface area contributed by atoms with Gasteiger partial charge in [-0.25, -0.2) is 0 Å². The van der Waals surface area contributed by atoms with Crippen LogP contribution in [0.4, 0.5) is 0 Å². The molecule has 11 heavy (non-hydrogen) atoms. The summed E-state index contributed by atoms with van der Waals surface area (Å²) < 4.78 is 5.11. The van der Waals surface area contributed by atoms with Crippen LogP contribution in [0.1, 0.15) is 27.2 Å². The Morgan fingerprint density at radius 3 is 2.27 bits per heavy atom. The van der Waals surface area contributed by atoms with Crippen molar-refractivity contribution >= 4 is 5.97 Å². The molecule has 0 saturated heterocycles. The molecule has 2 atom stereocenters. The second kappa shape index (κ2) is 2.48. The maximum absolute atomic E-state index is 11.1. The van der Waals surface area contributed by atoms with Gasteiger partial charge in [0.1, 0.15) is 5.60 Å². The molecule has 3 nitrogen and oxygen atoms in total. The molecule has 0 unspecified atom stereocenters. The fourth-order valence-corrected chi connectivity index (χ4v) is 0.863. The number of carbonyl (C=O) groups excluding carboxylic acids is 1. The maximum Gasteiger partial charge on any atom is 0.311 e. The molecule has 1 saturated carbocycles. The van der Waals surface area contributed by atoms with Crippen molar-refractivity contribution in [2.75, 3.05) is 0 Å². The van der Waals surface area contributed by atoms with Crippen LogP contribution in [0.5, 0.6) is 0 Å². The first-order chi connectivity index (χ1) is 4.90. The fraction of sp³-hybridized carbons (Fsp3) is 0.875. The summed E-state index contributed by atoms with van der Waals surface area (Å²) in [6.45, 7) is 5.58. The minimum Gasteiger partial charge on any atom is -0.460 e. The second-order valence-electron chi connectivity index (χ2n) is 4.04. The molecule has 2 N–H and O–H groups in total. The van der Waals surface area contributed by atoms with Gasteiger partial charge in [0, 0.05) is 6.04 Å². The van der Waals surface area contributed by atoms with Crippen molar-refractivity contribution in [1.29, 1.82) is 0 Å². The second-order valence-corrected chi connectivity index (χ2v) is 4.04. The summed E-state index contributed by atoms with van der Waals surface area (Å²) in [6.07, 6.45) is 0.787. The number of rotatable bonds is 1. The number of hydrogen-bond donors (Lipinski definition) is 1. The van der Waals surface area contributed by atoms with E-state index in [9.17, 15) is 4.79 Å². The summed E-state index contributed by atoms with van der Waals surface area (Å²) in [6, 6.07) is 0.0462. The van der Waals surface area contributed by atoms with Crippen LogP contribution in [0.3, 0.4) is 0 Å². The van der Waals surface area contributed by atoms with E-state index in [1.54, 1.807) is 0 Å². The fourth-order valence-electron chi connectivity index (χ4n) is 0.863. The summed E-state index contributed by atoms with van der Waals surface area (Å²) in [4.78, 5) is 11.1. The Morgan fingerprint density at radius 2 is 2.00 bits per heavy atom. The van der Waals surface area contributed by atoms with Crippen LogP contribution in [-0.4, -0.2) is 17.6 Å². The van der Waals surface area contributed by atoms with Gasteiger partial charge in [0.05, 0.1) is 5.92 Å². The van der Waals surface area contributed by atoms with Crippen LogP contribution in [0.25, 0.3) is 0 Å². The summed E-state index contributed by atoms with van der Waals surface area (Å²) in [5.74, 6) is -0.181. The molecule has 1 fully saturated rings. The molecule has 0 heterocycles. The molecule has 0 radical (unpaired) electrons. The highest BCUT2D eigenvalue weighted by atomic mass is 16.6. The minimum atomic E-state index is -0.376. The quantitative estimate of drug-likeness (QED) is 0.569. The van der Waals surface area contributed by atoms with Gasteiger partial charge in [-0.05, 0) is 27.2 Å². The summed E-state index contributed by atoms with van der Waals surface area (Å²) in [5.41, 5.74) is 5.11. The molecule has 0 amide bonds. The highest BCUT2D eigenvalue weighted by Crippen LogP contribution is 2.30. The van der Waals surface area contributed by atoms with Gasteiger partial charge in [0.2, 0.25) is 0 Å². The van der Waals surface area contributed by atoms with E-state index in [2.05, 4.69) is 0 Å². The van der Waals surface area contributed by atoms with Crippen molar-refractivity contribution in [2.45, 2.75) is 38.8 Å². The molecule has 64 valence electrons. The van der Waals surface area contributed by atoms with Crippen LogP contribution in [0.15, 0.2) is 0 Å². The van der Waals surface area contributed by atoms with E-state index in [-0.39, 0.29) is 23.5 Å². The Morgan fingerprint density at radius 1 is 1.55 bits per heavy atom. The smallest absolute Gasteiger partial charge is 0.311 e. The van der Waals surface area contributed by atoms with E-state index < -0.39 is 0 Å². The number of nitrogens with two attached hydrogens (primary N) is 1. The molecule has 0 spiro atoms. The summed E-state index contributed by atoms with van der Waals surface area (Å²) in [7, 11) is 0. The Bertz CT molecular complexity index is 171. The predicted molar refractivity (Wildman–Crippen MR) is 41.9 cm³/mol. The summed E-state index contributed by atoms with van der Waals surface area (Å²) >= 11 is 0. The predicted octanol–water partition coefficient (Wildman–Crippen LogP) is 0.675. The number of esters is 1. The lowest BCUT2D eigenvalue weighted by molar-refractivity contribution is -0.156. The van der Waals surface area contributed by atoms with Gasteiger partial charge in [0.25, 0.3) is 0 Å². The number of carbonyl (C=O) groups is 1. The van der Waals surface area contributed by atoms with Crippen molar-refractivity contribution in [2.24, 2.45) is 11.7 Å². The van der Waals surface area contributed by atoms with Crippen LogP contribution in [0.2, 0.25) is 0 Å². The van der Waals surface area contributed by atoms with E-state index in [4.69, 9.17) is 10.5 Å². The van der Waals surface area contributed by atoms with Gasteiger partial charge in [-0.1, -0.05) is 0 Å². The monoisotopic (exact) mass is 157 g/mol. The van der Waals surface area contributed by atoms with Gasteiger partial charge in [-0.15, -0.1) is 0 Å². The molecule has 1 aliphatic rings. The highest BCUT2D eigenvalue weighted by molar-refractivity contribution is 5.76. The van der Waals surface area contributed by atoms with Crippen molar-refractivity contribution in [3.05, 3.63) is 0 Å². The van der Waals surface area contributed by atoms with E-state index >= 15 is 0 Å². The zero-order valence-electron chi connectivity index (χ0n) is 7.26. The van der Waals surface area contributed by atoms with Crippen LogP contribution >= 0.6 is 0 Å². The van der Waals surface area contributed by atoms with Gasteiger partial charge >= 0.3 is 5.97 Å². The third-order valence-corrected chi connectivity index (χ3v) is 1.55. The molecule has 0 aromatic carbocycles.